The van der Waals surface area contributed by atoms with E-state index in [1.54, 1.807) is 12.1 Å². The minimum atomic E-state index is -0.686. The van der Waals surface area contributed by atoms with Crippen molar-refractivity contribution in [3.63, 3.8) is 0 Å². The predicted molar refractivity (Wildman–Crippen MR) is 92.4 cm³/mol. The third kappa shape index (κ3) is 4.05. The summed E-state index contributed by atoms with van der Waals surface area (Å²) >= 11 is 3.14. The van der Waals surface area contributed by atoms with Crippen LogP contribution in [-0.2, 0) is 4.74 Å². The Hall–Kier alpha value is -2.54. The fourth-order valence-corrected chi connectivity index (χ4v) is 2.42. The van der Waals surface area contributed by atoms with Gasteiger partial charge in [-0.3, -0.25) is 4.79 Å². The lowest BCUT2D eigenvalue weighted by Gasteiger charge is -2.11. The van der Waals surface area contributed by atoms with Gasteiger partial charge >= 0.3 is 5.97 Å². The van der Waals surface area contributed by atoms with Crippen LogP contribution in [0.3, 0.4) is 0 Å². The molecule has 0 radical (unpaired) electrons. The number of esters is 1. The van der Waals surface area contributed by atoms with Crippen molar-refractivity contribution in [3.8, 4) is 11.5 Å². The van der Waals surface area contributed by atoms with Gasteiger partial charge in [0.05, 0.1) is 16.6 Å². The summed E-state index contributed by atoms with van der Waals surface area (Å²) in [5.74, 6) is -1.65. The Morgan fingerprint density at radius 3 is 2.54 bits per heavy atom. The minimum Gasteiger partial charge on any atom is -0.507 e. The highest BCUT2D eigenvalue weighted by Gasteiger charge is 2.18. The zero-order chi connectivity index (χ0) is 17.7. The highest BCUT2D eigenvalue weighted by atomic mass is 79.9. The summed E-state index contributed by atoms with van der Waals surface area (Å²) in [4.78, 5) is 24.2. The van der Waals surface area contributed by atoms with Gasteiger partial charge in [-0.2, -0.15) is 0 Å². The lowest BCUT2D eigenvalue weighted by molar-refractivity contribution is 0.0501. The molecule has 0 bridgehead atoms. The van der Waals surface area contributed by atoms with Gasteiger partial charge < -0.3 is 20.3 Å². The average molecular weight is 394 g/mol. The molecular weight excluding hydrogens is 378 g/mol. The molecule has 0 spiro atoms. The number of carbonyl (C=O) groups excluding carboxylic acids is 2. The Balaban J connectivity index is 2.28. The van der Waals surface area contributed by atoms with E-state index >= 15 is 0 Å². The number of hydrogen-bond donors (Lipinski definition) is 3. The Kier molecular flexibility index (Phi) is 5.81. The van der Waals surface area contributed by atoms with Crippen molar-refractivity contribution in [1.82, 2.24) is 0 Å². The molecule has 0 aliphatic carbocycles. The summed E-state index contributed by atoms with van der Waals surface area (Å²) in [5.41, 5.74) is 0.304. The van der Waals surface area contributed by atoms with Crippen LogP contribution in [0.5, 0.6) is 11.5 Å². The second-order valence-electron chi connectivity index (χ2n) is 4.96. The number of amides is 1. The molecule has 0 aliphatic rings. The van der Waals surface area contributed by atoms with E-state index in [2.05, 4.69) is 21.2 Å². The van der Waals surface area contributed by atoms with Crippen LogP contribution in [0.1, 0.15) is 34.1 Å². The SMILES string of the molecule is CCCOC(=O)c1cc(NC(=O)c2ccccc2O)cc(Br)c1O. The Morgan fingerprint density at radius 2 is 1.88 bits per heavy atom. The summed E-state index contributed by atoms with van der Waals surface area (Å²) in [5, 5.41) is 22.3. The van der Waals surface area contributed by atoms with Crippen molar-refractivity contribution >= 4 is 33.5 Å². The van der Waals surface area contributed by atoms with Gasteiger partial charge in [0.2, 0.25) is 0 Å². The van der Waals surface area contributed by atoms with Gasteiger partial charge in [0.25, 0.3) is 5.91 Å². The number of anilines is 1. The number of phenols is 2. The second-order valence-corrected chi connectivity index (χ2v) is 5.82. The first-order valence-electron chi connectivity index (χ1n) is 7.23. The first kappa shape index (κ1) is 17.8. The molecule has 0 fully saturated rings. The number of hydrogen-bond acceptors (Lipinski definition) is 5. The number of halogens is 1. The molecule has 0 saturated carbocycles. The van der Waals surface area contributed by atoms with Gasteiger partial charge in [-0.05, 0) is 46.6 Å². The molecule has 0 saturated heterocycles. The topological polar surface area (TPSA) is 95.9 Å². The summed E-state index contributed by atoms with van der Waals surface area (Å²) in [6, 6.07) is 8.85. The molecule has 0 atom stereocenters. The normalized spacial score (nSPS) is 10.2. The van der Waals surface area contributed by atoms with Crippen molar-refractivity contribution in [2.45, 2.75) is 13.3 Å². The highest BCUT2D eigenvalue weighted by Crippen LogP contribution is 2.32. The number of phenolic OH excluding ortho intramolecular Hbond substituents is 2. The van der Waals surface area contributed by atoms with Crippen LogP contribution >= 0.6 is 15.9 Å². The molecule has 0 aliphatic heterocycles. The monoisotopic (exact) mass is 393 g/mol. The molecule has 24 heavy (non-hydrogen) atoms. The Bertz CT molecular complexity index is 776. The van der Waals surface area contributed by atoms with Gasteiger partial charge in [-0.15, -0.1) is 0 Å². The molecular formula is C17H16BrNO5. The van der Waals surface area contributed by atoms with Gasteiger partial charge in [0.1, 0.15) is 17.1 Å². The standard InChI is InChI=1S/C17H16BrNO5/c1-2-7-24-17(23)12-8-10(9-13(18)15(12)21)19-16(22)11-5-3-4-6-14(11)20/h3-6,8-9,20-21H,2,7H2,1H3,(H,19,22). The number of rotatable bonds is 5. The number of nitrogens with one attached hydrogen (secondary N) is 1. The van der Waals surface area contributed by atoms with Crippen LogP contribution in [-0.4, -0.2) is 28.7 Å². The molecule has 7 heteroatoms. The smallest absolute Gasteiger partial charge is 0.342 e. The van der Waals surface area contributed by atoms with Crippen LogP contribution < -0.4 is 5.32 Å². The number of benzene rings is 2. The summed E-state index contributed by atoms with van der Waals surface area (Å²) in [7, 11) is 0. The van der Waals surface area contributed by atoms with Crippen molar-refractivity contribution < 1.29 is 24.5 Å². The number of carbonyl (C=O) groups is 2. The van der Waals surface area contributed by atoms with Crippen molar-refractivity contribution in [2.75, 3.05) is 11.9 Å². The lowest BCUT2D eigenvalue weighted by Crippen LogP contribution is -2.13. The van der Waals surface area contributed by atoms with Crippen molar-refractivity contribution in [1.29, 1.82) is 0 Å². The highest BCUT2D eigenvalue weighted by molar-refractivity contribution is 9.10. The van der Waals surface area contributed by atoms with Crippen LogP contribution in [0.2, 0.25) is 0 Å². The van der Waals surface area contributed by atoms with Crippen LogP contribution in [0.25, 0.3) is 0 Å². The van der Waals surface area contributed by atoms with Crippen molar-refractivity contribution in [3.05, 3.63) is 52.0 Å². The molecule has 0 aromatic heterocycles. The molecule has 0 heterocycles. The van der Waals surface area contributed by atoms with Crippen LogP contribution in [0, 0.1) is 0 Å². The maximum atomic E-state index is 12.2. The Labute approximate surface area is 147 Å². The first-order chi connectivity index (χ1) is 11.4. The molecule has 1 amide bonds. The van der Waals surface area contributed by atoms with Gasteiger partial charge in [0, 0.05) is 5.69 Å². The number of para-hydroxylation sites is 1. The quantitative estimate of drug-likeness (QED) is 0.531. The third-order valence-corrected chi connectivity index (χ3v) is 3.73. The molecule has 126 valence electrons. The van der Waals surface area contributed by atoms with E-state index in [1.165, 1.54) is 24.3 Å². The molecule has 2 rings (SSSR count). The van der Waals surface area contributed by atoms with E-state index in [0.29, 0.717) is 6.42 Å². The summed E-state index contributed by atoms with van der Waals surface area (Å²) in [6.45, 7) is 2.08. The molecule has 2 aromatic rings. The van der Waals surface area contributed by atoms with E-state index in [9.17, 15) is 19.8 Å². The van der Waals surface area contributed by atoms with E-state index in [4.69, 9.17) is 4.74 Å². The minimum absolute atomic E-state index is 0.0644. The maximum Gasteiger partial charge on any atom is 0.342 e. The lowest BCUT2D eigenvalue weighted by atomic mass is 10.1. The zero-order valence-electron chi connectivity index (χ0n) is 12.9. The van der Waals surface area contributed by atoms with E-state index in [0.717, 1.165) is 0 Å². The van der Waals surface area contributed by atoms with Crippen molar-refractivity contribution in [2.24, 2.45) is 0 Å². The molecule has 2 aromatic carbocycles. The van der Waals surface area contributed by atoms with Crippen LogP contribution in [0.15, 0.2) is 40.9 Å². The second kappa shape index (κ2) is 7.83. The van der Waals surface area contributed by atoms with Gasteiger partial charge in [-0.25, -0.2) is 4.79 Å². The van der Waals surface area contributed by atoms with Gasteiger partial charge in [0.15, 0.2) is 0 Å². The average Bonchev–Trinajstić information content (AvgIpc) is 2.56. The number of aromatic hydroxyl groups is 2. The predicted octanol–water partition coefficient (Wildman–Crippen LogP) is 3.68. The number of ether oxygens (including phenoxy) is 1. The Morgan fingerprint density at radius 1 is 1.17 bits per heavy atom. The fourth-order valence-electron chi connectivity index (χ4n) is 1.96. The molecule has 6 nitrogen and oxygen atoms in total. The van der Waals surface area contributed by atoms with E-state index in [-0.39, 0.29) is 39.4 Å². The third-order valence-electron chi connectivity index (χ3n) is 3.13. The molecule has 0 unspecified atom stereocenters. The summed E-state index contributed by atoms with van der Waals surface area (Å²) in [6.07, 6.45) is 0.650. The molecule has 3 N–H and O–H groups in total. The first-order valence-corrected chi connectivity index (χ1v) is 8.02. The van der Waals surface area contributed by atoms with Crippen LogP contribution in [0.4, 0.5) is 5.69 Å². The fraction of sp³-hybridized carbons (Fsp3) is 0.176. The zero-order valence-corrected chi connectivity index (χ0v) is 14.5. The largest absolute Gasteiger partial charge is 0.507 e. The van der Waals surface area contributed by atoms with E-state index in [1.807, 2.05) is 6.92 Å². The maximum absolute atomic E-state index is 12.2. The van der Waals surface area contributed by atoms with E-state index < -0.39 is 11.9 Å². The summed E-state index contributed by atoms with van der Waals surface area (Å²) < 4.78 is 5.24. The van der Waals surface area contributed by atoms with Gasteiger partial charge in [-0.1, -0.05) is 19.1 Å².